The van der Waals surface area contributed by atoms with Crippen LogP contribution in [0.15, 0.2) is 42.5 Å². The molecule has 7 heteroatoms. The fraction of sp³-hybridized carbons (Fsp3) is 0.360. The van der Waals surface area contributed by atoms with Gasteiger partial charge < -0.3 is 4.90 Å². The fourth-order valence-corrected chi connectivity index (χ4v) is 5.41. The van der Waals surface area contributed by atoms with Crippen LogP contribution in [0.5, 0.6) is 0 Å². The van der Waals surface area contributed by atoms with Crippen LogP contribution in [0.4, 0.5) is 5.69 Å². The normalized spacial score (nSPS) is 18.6. The number of benzene rings is 2. The number of carbonyl (C=O) groups excluding carboxylic acids is 3. The van der Waals surface area contributed by atoms with Crippen LogP contribution in [0, 0.1) is 6.92 Å². The molecule has 2 heterocycles. The Morgan fingerprint density at radius 1 is 1.16 bits per heavy atom. The second-order valence-electron chi connectivity index (χ2n) is 8.61. The van der Waals surface area contributed by atoms with E-state index in [2.05, 4.69) is 13.0 Å². The number of amides is 3. The first kappa shape index (κ1) is 20.8. The van der Waals surface area contributed by atoms with Crippen molar-refractivity contribution in [2.75, 3.05) is 4.90 Å². The number of aromatic nitrogens is 1. The Kier molecular flexibility index (Phi) is 5.29. The maximum atomic E-state index is 13.2. The topological polar surface area (TPSA) is 70.6 Å². The summed E-state index contributed by atoms with van der Waals surface area (Å²) in [6.45, 7) is 4.01. The molecule has 32 heavy (non-hydrogen) atoms. The molecule has 164 valence electrons. The van der Waals surface area contributed by atoms with E-state index < -0.39 is 6.04 Å². The minimum Gasteiger partial charge on any atom is -0.327 e. The number of aryl methyl sites for hydroxylation is 1. The van der Waals surface area contributed by atoms with Crippen molar-refractivity contribution >= 4 is 45.0 Å². The summed E-state index contributed by atoms with van der Waals surface area (Å²) in [6.07, 6.45) is 3.01. The highest BCUT2D eigenvalue weighted by molar-refractivity contribution is 7.21. The van der Waals surface area contributed by atoms with Crippen molar-refractivity contribution in [1.29, 1.82) is 0 Å². The Labute approximate surface area is 190 Å². The Morgan fingerprint density at radius 2 is 1.91 bits per heavy atom. The molecule has 3 amide bonds. The Hall–Kier alpha value is -3.06. The van der Waals surface area contributed by atoms with Crippen LogP contribution >= 0.6 is 11.3 Å². The summed E-state index contributed by atoms with van der Waals surface area (Å²) in [4.78, 5) is 46.3. The van der Waals surface area contributed by atoms with Crippen LogP contribution in [0.1, 0.15) is 44.6 Å². The lowest BCUT2D eigenvalue weighted by atomic mass is 10.1. The van der Waals surface area contributed by atoms with Crippen LogP contribution < -0.4 is 4.90 Å². The van der Waals surface area contributed by atoms with Gasteiger partial charge >= 0.3 is 0 Å². The van der Waals surface area contributed by atoms with Crippen molar-refractivity contribution in [2.24, 2.45) is 0 Å². The van der Waals surface area contributed by atoms with E-state index in [0.717, 1.165) is 40.1 Å². The number of hydrogen-bond acceptors (Lipinski definition) is 5. The zero-order chi connectivity index (χ0) is 22.4. The maximum absolute atomic E-state index is 13.2. The maximum Gasteiger partial charge on any atom is 0.257 e. The summed E-state index contributed by atoms with van der Waals surface area (Å²) in [7, 11) is 0. The monoisotopic (exact) mass is 447 g/mol. The number of carbonyl (C=O) groups is 3. The average Bonchev–Trinajstić information content (AvgIpc) is 3.44. The smallest absolute Gasteiger partial charge is 0.257 e. The van der Waals surface area contributed by atoms with Crippen LogP contribution in [-0.4, -0.2) is 39.7 Å². The first-order valence-electron chi connectivity index (χ1n) is 11.1. The molecule has 1 atom stereocenters. The highest BCUT2D eigenvalue weighted by Gasteiger charge is 2.48. The molecule has 6 nitrogen and oxygen atoms in total. The van der Waals surface area contributed by atoms with Gasteiger partial charge in [-0.15, -0.1) is 11.3 Å². The molecule has 2 aliphatic rings. The molecule has 3 aromatic rings. The third kappa shape index (κ3) is 3.71. The highest BCUT2D eigenvalue weighted by Crippen LogP contribution is 2.36. The summed E-state index contributed by atoms with van der Waals surface area (Å²) in [6, 6.07) is 13.0. The van der Waals surface area contributed by atoms with Gasteiger partial charge in [0.2, 0.25) is 11.8 Å². The van der Waals surface area contributed by atoms with E-state index in [1.165, 1.54) is 10.5 Å². The molecule has 2 aromatic carbocycles. The van der Waals surface area contributed by atoms with Gasteiger partial charge in [-0.25, -0.2) is 9.88 Å². The van der Waals surface area contributed by atoms with E-state index in [-0.39, 0.29) is 30.2 Å². The van der Waals surface area contributed by atoms with Crippen LogP contribution in [-0.2, 0) is 14.4 Å². The van der Waals surface area contributed by atoms with Gasteiger partial charge in [0, 0.05) is 18.0 Å². The largest absolute Gasteiger partial charge is 0.327 e. The molecule has 0 N–H and O–H groups in total. The quantitative estimate of drug-likeness (QED) is 0.514. The highest BCUT2D eigenvalue weighted by atomic mass is 32.1. The zero-order valence-corrected chi connectivity index (χ0v) is 19.0. The van der Waals surface area contributed by atoms with Gasteiger partial charge in [-0.2, -0.15) is 0 Å². The van der Waals surface area contributed by atoms with E-state index in [4.69, 9.17) is 4.98 Å². The van der Waals surface area contributed by atoms with Crippen molar-refractivity contribution in [3.63, 3.8) is 0 Å². The van der Waals surface area contributed by atoms with Crippen LogP contribution in [0.25, 0.3) is 20.8 Å². The average molecular weight is 448 g/mol. The molecule has 2 fully saturated rings. The molecular formula is C25H25N3O3S. The molecule has 0 radical (unpaired) electrons. The molecule has 0 bridgehead atoms. The van der Waals surface area contributed by atoms with Gasteiger partial charge in [-0.05, 0) is 68.1 Å². The lowest BCUT2D eigenvalue weighted by Gasteiger charge is -2.27. The van der Waals surface area contributed by atoms with E-state index in [1.54, 1.807) is 28.4 Å². The van der Waals surface area contributed by atoms with Crippen molar-refractivity contribution in [3.8, 4) is 10.6 Å². The lowest BCUT2D eigenvalue weighted by molar-refractivity contribution is -0.139. The number of hydrogen-bond donors (Lipinski definition) is 0. The second-order valence-corrected chi connectivity index (χ2v) is 9.64. The van der Waals surface area contributed by atoms with Gasteiger partial charge in [0.25, 0.3) is 5.91 Å². The first-order valence-corrected chi connectivity index (χ1v) is 11.9. The molecule has 1 unspecified atom stereocenters. The van der Waals surface area contributed by atoms with Crippen LogP contribution in [0.3, 0.4) is 0 Å². The molecule has 1 aromatic heterocycles. The Morgan fingerprint density at radius 3 is 2.59 bits per heavy atom. The number of nitrogens with zero attached hydrogens (tertiary/aromatic N) is 3. The molecule has 1 aliphatic carbocycles. The molecule has 1 saturated carbocycles. The Balaban J connectivity index is 1.39. The fourth-order valence-electron chi connectivity index (χ4n) is 4.34. The number of imide groups is 1. The minimum absolute atomic E-state index is 0.0237. The SMILES string of the molecule is CCCC(=O)N(C1CC1)C1CC(=O)N(c2ccc(-c3nc4ccc(C)cc4s3)cc2)C1=O. The van der Waals surface area contributed by atoms with Crippen molar-refractivity contribution in [1.82, 2.24) is 9.88 Å². The van der Waals surface area contributed by atoms with Gasteiger partial charge in [-0.1, -0.05) is 13.0 Å². The van der Waals surface area contributed by atoms with E-state index in [1.807, 2.05) is 31.2 Å². The number of fused-ring (bicyclic) bond motifs is 1. The molecular weight excluding hydrogens is 422 g/mol. The minimum atomic E-state index is -0.679. The molecule has 1 aliphatic heterocycles. The standard InChI is InChI=1S/C25H25N3O3S/c1-3-4-22(29)27(17-10-11-17)20-14-23(30)28(25(20)31)18-8-6-16(7-9-18)24-26-19-12-5-15(2)13-21(19)32-24/h5-9,12-13,17,20H,3-4,10-11,14H2,1-2H3. The lowest BCUT2D eigenvalue weighted by Crippen LogP contribution is -2.46. The van der Waals surface area contributed by atoms with Crippen molar-refractivity contribution in [2.45, 2.75) is 58.0 Å². The van der Waals surface area contributed by atoms with E-state index in [0.29, 0.717) is 12.1 Å². The summed E-state index contributed by atoms with van der Waals surface area (Å²) >= 11 is 1.62. The first-order chi connectivity index (χ1) is 15.5. The summed E-state index contributed by atoms with van der Waals surface area (Å²) in [5.41, 5.74) is 3.65. The third-order valence-electron chi connectivity index (χ3n) is 6.07. The predicted octanol–water partition coefficient (Wildman–Crippen LogP) is 4.69. The summed E-state index contributed by atoms with van der Waals surface area (Å²) in [5, 5.41) is 0.902. The van der Waals surface area contributed by atoms with Crippen LogP contribution in [0.2, 0.25) is 0 Å². The van der Waals surface area contributed by atoms with E-state index in [9.17, 15) is 14.4 Å². The number of thiazole rings is 1. The Bertz CT molecular complexity index is 1210. The molecule has 5 rings (SSSR count). The van der Waals surface area contributed by atoms with Gasteiger partial charge in [0.1, 0.15) is 11.0 Å². The van der Waals surface area contributed by atoms with Crippen molar-refractivity contribution in [3.05, 3.63) is 48.0 Å². The summed E-state index contributed by atoms with van der Waals surface area (Å²) < 4.78 is 1.13. The molecule has 1 saturated heterocycles. The second kappa shape index (κ2) is 8.13. The zero-order valence-electron chi connectivity index (χ0n) is 18.2. The van der Waals surface area contributed by atoms with Gasteiger partial charge in [0.05, 0.1) is 22.3 Å². The predicted molar refractivity (Wildman–Crippen MR) is 125 cm³/mol. The van der Waals surface area contributed by atoms with E-state index >= 15 is 0 Å². The van der Waals surface area contributed by atoms with Gasteiger partial charge in [-0.3, -0.25) is 14.4 Å². The van der Waals surface area contributed by atoms with Crippen molar-refractivity contribution < 1.29 is 14.4 Å². The molecule has 0 spiro atoms. The third-order valence-corrected chi connectivity index (χ3v) is 7.13. The summed E-state index contributed by atoms with van der Waals surface area (Å²) in [5.74, 6) is -0.572. The number of rotatable bonds is 6. The number of anilines is 1. The van der Waals surface area contributed by atoms with Gasteiger partial charge in [0.15, 0.2) is 0 Å².